The van der Waals surface area contributed by atoms with Crippen molar-refractivity contribution in [1.29, 1.82) is 0 Å². The second kappa shape index (κ2) is 8.34. The minimum absolute atomic E-state index is 0.0494. The molecule has 0 saturated heterocycles. The Morgan fingerprint density at radius 1 is 1.04 bits per heavy atom. The van der Waals surface area contributed by atoms with Crippen LogP contribution in [-0.2, 0) is 6.61 Å². The maximum absolute atomic E-state index is 12.3. The molecule has 0 radical (unpaired) electrons. The average molecular weight is 321 g/mol. The lowest BCUT2D eigenvalue weighted by Crippen LogP contribution is -2.26. The van der Waals surface area contributed by atoms with Gasteiger partial charge in [0.25, 0.3) is 5.91 Å². The maximum atomic E-state index is 12.3. The summed E-state index contributed by atoms with van der Waals surface area (Å²) < 4.78 is 5.79. The van der Waals surface area contributed by atoms with Crippen LogP contribution in [0.3, 0.4) is 0 Å². The Labute approximate surface area is 143 Å². The fourth-order valence-electron chi connectivity index (χ4n) is 2.83. The van der Waals surface area contributed by atoms with Crippen LogP contribution in [0.5, 0.6) is 5.75 Å². The summed E-state index contributed by atoms with van der Waals surface area (Å²) in [6.07, 6.45) is 6.97. The first-order valence-corrected chi connectivity index (χ1v) is 8.54. The van der Waals surface area contributed by atoms with Gasteiger partial charge in [0.15, 0.2) is 0 Å². The zero-order valence-corrected chi connectivity index (χ0v) is 13.8. The molecule has 24 heavy (non-hydrogen) atoms. The largest absolute Gasteiger partial charge is 0.489 e. The van der Waals surface area contributed by atoms with E-state index in [1.165, 1.54) is 18.4 Å². The fourth-order valence-corrected chi connectivity index (χ4v) is 2.83. The highest BCUT2D eigenvalue weighted by molar-refractivity contribution is 5.94. The van der Waals surface area contributed by atoms with Crippen LogP contribution in [-0.4, -0.2) is 12.5 Å². The minimum atomic E-state index is -0.0494. The number of nitrogens with one attached hydrogen (secondary N) is 1. The first-order chi connectivity index (χ1) is 11.8. The van der Waals surface area contributed by atoms with Crippen molar-refractivity contribution in [3.8, 4) is 5.75 Å². The molecule has 0 spiro atoms. The van der Waals surface area contributed by atoms with E-state index in [0.717, 1.165) is 18.4 Å². The molecule has 0 unspecified atom stereocenters. The Morgan fingerprint density at radius 2 is 1.92 bits per heavy atom. The first kappa shape index (κ1) is 16.3. The van der Waals surface area contributed by atoms with Gasteiger partial charge in [0.2, 0.25) is 0 Å². The second-order valence-corrected chi connectivity index (χ2v) is 6.09. The van der Waals surface area contributed by atoms with E-state index in [1.54, 1.807) is 6.07 Å². The van der Waals surface area contributed by atoms with Gasteiger partial charge in [-0.15, -0.1) is 0 Å². The van der Waals surface area contributed by atoms with Gasteiger partial charge in [-0.3, -0.25) is 4.79 Å². The number of ether oxygens (including phenoxy) is 1. The summed E-state index contributed by atoms with van der Waals surface area (Å²) in [5.74, 6) is 0.662. The van der Waals surface area contributed by atoms with Crippen LogP contribution in [0.4, 0.5) is 0 Å². The molecular formula is C21H23NO2. The van der Waals surface area contributed by atoms with E-state index in [0.29, 0.717) is 24.5 Å². The highest BCUT2D eigenvalue weighted by Crippen LogP contribution is 2.17. The Kier molecular flexibility index (Phi) is 5.67. The summed E-state index contributed by atoms with van der Waals surface area (Å²) in [5, 5.41) is 3.01. The summed E-state index contributed by atoms with van der Waals surface area (Å²) >= 11 is 0. The monoisotopic (exact) mass is 321 g/mol. The number of benzene rings is 2. The third-order valence-electron chi connectivity index (χ3n) is 4.21. The molecule has 0 aliphatic heterocycles. The van der Waals surface area contributed by atoms with Crippen molar-refractivity contribution in [2.75, 3.05) is 6.54 Å². The molecule has 0 fully saturated rings. The van der Waals surface area contributed by atoms with E-state index in [1.807, 2.05) is 48.5 Å². The van der Waals surface area contributed by atoms with Crippen molar-refractivity contribution >= 4 is 5.91 Å². The Morgan fingerprint density at radius 3 is 2.71 bits per heavy atom. The highest BCUT2D eigenvalue weighted by atomic mass is 16.5. The smallest absolute Gasteiger partial charge is 0.251 e. The Balaban J connectivity index is 1.55. The maximum Gasteiger partial charge on any atom is 0.251 e. The molecule has 1 amide bonds. The second-order valence-electron chi connectivity index (χ2n) is 6.09. The third-order valence-corrected chi connectivity index (χ3v) is 4.21. The first-order valence-electron chi connectivity index (χ1n) is 8.54. The lowest BCUT2D eigenvalue weighted by atomic mass is 9.99. The molecule has 0 heterocycles. The topological polar surface area (TPSA) is 38.3 Å². The lowest BCUT2D eigenvalue weighted by molar-refractivity contribution is 0.0956. The van der Waals surface area contributed by atoms with Gasteiger partial charge in [0.1, 0.15) is 12.4 Å². The van der Waals surface area contributed by atoms with Crippen LogP contribution in [0.15, 0.2) is 66.2 Å². The molecule has 3 nitrogen and oxygen atoms in total. The lowest BCUT2D eigenvalue weighted by Gasteiger charge is -2.13. The minimum Gasteiger partial charge on any atom is -0.489 e. The van der Waals surface area contributed by atoms with Gasteiger partial charge in [-0.1, -0.05) is 48.0 Å². The molecule has 0 saturated carbocycles. The van der Waals surface area contributed by atoms with E-state index in [-0.39, 0.29) is 5.91 Å². The standard InChI is InChI=1S/C21H23NO2/c23-21(22-15-17-8-3-1-4-9-17)19-12-7-13-20(14-19)24-16-18-10-5-2-6-11-18/h2,5-8,10-14H,1,3-4,9,15-16H2,(H,22,23). The molecule has 1 aliphatic carbocycles. The van der Waals surface area contributed by atoms with Crippen LogP contribution >= 0.6 is 0 Å². The number of amides is 1. The summed E-state index contributed by atoms with van der Waals surface area (Å²) in [6, 6.07) is 17.4. The molecule has 0 bridgehead atoms. The van der Waals surface area contributed by atoms with Crippen LogP contribution in [0.2, 0.25) is 0 Å². The summed E-state index contributed by atoms with van der Waals surface area (Å²) in [5.41, 5.74) is 3.08. The van der Waals surface area contributed by atoms with E-state index < -0.39 is 0 Å². The predicted octanol–water partition coefficient (Wildman–Crippen LogP) is 4.50. The van der Waals surface area contributed by atoms with E-state index in [2.05, 4.69) is 11.4 Å². The molecule has 0 atom stereocenters. The SMILES string of the molecule is O=C(NCC1=CCCCC1)c1cccc(OCc2ccccc2)c1. The van der Waals surface area contributed by atoms with Crippen LogP contribution in [0.25, 0.3) is 0 Å². The molecule has 3 rings (SSSR count). The molecule has 0 aromatic heterocycles. The van der Waals surface area contributed by atoms with Gasteiger partial charge in [0, 0.05) is 12.1 Å². The third kappa shape index (κ3) is 4.72. The number of rotatable bonds is 6. The van der Waals surface area contributed by atoms with Crippen molar-refractivity contribution in [2.45, 2.75) is 32.3 Å². The number of carbonyl (C=O) groups excluding carboxylic acids is 1. The molecule has 124 valence electrons. The van der Waals surface area contributed by atoms with Gasteiger partial charge < -0.3 is 10.1 Å². The number of hydrogen-bond donors (Lipinski definition) is 1. The molecule has 1 N–H and O–H groups in total. The van der Waals surface area contributed by atoms with Crippen molar-refractivity contribution in [3.05, 3.63) is 77.4 Å². The molecule has 2 aromatic rings. The number of carbonyl (C=O) groups is 1. The molecule has 3 heteroatoms. The van der Waals surface area contributed by atoms with E-state index in [4.69, 9.17) is 4.74 Å². The Bertz CT molecular complexity index is 707. The van der Waals surface area contributed by atoms with Crippen LogP contribution < -0.4 is 10.1 Å². The number of hydrogen-bond acceptors (Lipinski definition) is 2. The van der Waals surface area contributed by atoms with Crippen molar-refractivity contribution in [2.24, 2.45) is 0 Å². The quantitative estimate of drug-likeness (QED) is 0.796. The summed E-state index contributed by atoms with van der Waals surface area (Å²) in [6.45, 7) is 1.15. The molecule has 2 aromatic carbocycles. The summed E-state index contributed by atoms with van der Waals surface area (Å²) in [4.78, 5) is 12.3. The normalized spacial score (nSPS) is 13.9. The zero-order chi connectivity index (χ0) is 16.6. The zero-order valence-electron chi connectivity index (χ0n) is 13.8. The van der Waals surface area contributed by atoms with Gasteiger partial charge in [-0.25, -0.2) is 0 Å². The fraction of sp³-hybridized carbons (Fsp3) is 0.286. The van der Waals surface area contributed by atoms with Gasteiger partial charge in [-0.2, -0.15) is 0 Å². The van der Waals surface area contributed by atoms with Gasteiger partial charge in [-0.05, 0) is 49.4 Å². The molecule has 1 aliphatic rings. The average Bonchev–Trinajstić information content (AvgIpc) is 2.66. The van der Waals surface area contributed by atoms with E-state index >= 15 is 0 Å². The van der Waals surface area contributed by atoms with Crippen LogP contribution in [0, 0.1) is 0 Å². The molecular weight excluding hydrogens is 298 g/mol. The van der Waals surface area contributed by atoms with Gasteiger partial charge >= 0.3 is 0 Å². The predicted molar refractivity (Wildman–Crippen MR) is 96.1 cm³/mol. The van der Waals surface area contributed by atoms with Gasteiger partial charge in [0.05, 0.1) is 0 Å². The van der Waals surface area contributed by atoms with Crippen LogP contribution in [0.1, 0.15) is 41.6 Å². The Hall–Kier alpha value is -2.55. The van der Waals surface area contributed by atoms with E-state index in [9.17, 15) is 4.79 Å². The highest BCUT2D eigenvalue weighted by Gasteiger charge is 2.09. The number of allylic oxidation sites excluding steroid dienone is 1. The van der Waals surface area contributed by atoms with Crippen molar-refractivity contribution in [1.82, 2.24) is 5.32 Å². The van der Waals surface area contributed by atoms with Crippen molar-refractivity contribution in [3.63, 3.8) is 0 Å². The summed E-state index contributed by atoms with van der Waals surface area (Å²) in [7, 11) is 0. The van der Waals surface area contributed by atoms with Crippen molar-refractivity contribution < 1.29 is 9.53 Å².